The molecule has 0 amide bonds. The van der Waals surface area contributed by atoms with Gasteiger partial charge in [0.2, 0.25) is 5.82 Å². The van der Waals surface area contributed by atoms with Crippen molar-refractivity contribution in [3.63, 3.8) is 0 Å². The predicted molar refractivity (Wildman–Crippen MR) is 47.3 cm³/mol. The zero-order valence-corrected chi connectivity index (χ0v) is 7.21. The largest absolute Gasteiger partial charge is 0.494 e. The van der Waals surface area contributed by atoms with Gasteiger partial charge in [-0.25, -0.2) is 0 Å². The molecule has 0 N–H and O–H groups in total. The molecular formula is C10H9FO2. The molecule has 1 rings (SSSR count). The molecule has 3 heteroatoms. The minimum absolute atomic E-state index is 0.0457. The predicted octanol–water partition coefficient (Wildman–Crippen LogP) is 1.85. The lowest BCUT2D eigenvalue weighted by Gasteiger charge is -2.06. The minimum atomic E-state index is -0.528. The van der Waals surface area contributed by atoms with Crippen molar-refractivity contribution in [1.29, 1.82) is 0 Å². The summed E-state index contributed by atoms with van der Waals surface area (Å²) in [4.78, 5) is 0. The maximum absolute atomic E-state index is 13.3. The molecule has 0 fully saturated rings. The van der Waals surface area contributed by atoms with E-state index in [4.69, 9.17) is 15.9 Å². The van der Waals surface area contributed by atoms with E-state index in [1.54, 1.807) is 6.07 Å². The lowest BCUT2D eigenvalue weighted by atomic mass is 10.3. The standard InChI is InChI=1S/C10H9FO2/c1-3-7-13-9-6-4-5-8(12-2)10(9)11/h1,4-6H,7H2,2H3. The van der Waals surface area contributed by atoms with E-state index in [2.05, 4.69) is 5.92 Å². The fourth-order valence-electron chi connectivity index (χ4n) is 0.879. The van der Waals surface area contributed by atoms with Crippen LogP contribution in [-0.2, 0) is 0 Å². The van der Waals surface area contributed by atoms with E-state index in [0.717, 1.165) is 0 Å². The first kappa shape index (κ1) is 9.40. The van der Waals surface area contributed by atoms with Gasteiger partial charge in [-0.2, -0.15) is 4.39 Å². The molecule has 2 nitrogen and oxygen atoms in total. The van der Waals surface area contributed by atoms with Gasteiger partial charge in [-0.15, -0.1) is 6.42 Å². The van der Waals surface area contributed by atoms with Crippen LogP contribution in [0.25, 0.3) is 0 Å². The molecule has 0 radical (unpaired) electrons. The molecule has 0 saturated heterocycles. The molecule has 0 atom stereocenters. The number of rotatable bonds is 3. The van der Waals surface area contributed by atoms with Gasteiger partial charge in [-0.3, -0.25) is 0 Å². The SMILES string of the molecule is C#CCOc1cccc(OC)c1F. The van der Waals surface area contributed by atoms with Crippen LogP contribution in [0, 0.1) is 18.2 Å². The van der Waals surface area contributed by atoms with Crippen LogP contribution in [0.5, 0.6) is 11.5 Å². The topological polar surface area (TPSA) is 18.5 Å². The van der Waals surface area contributed by atoms with Crippen molar-refractivity contribution in [2.24, 2.45) is 0 Å². The monoisotopic (exact) mass is 180 g/mol. The summed E-state index contributed by atoms with van der Waals surface area (Å²) >= 11 is 0. The quantitative estimate of drug-likeness (QED) is 0.661. The van der Waals surface area contributed by atoms with E-state index in [1.165, 1.54) is 19.2 Å². The second-order valence-electron chi connectivity index (χ2n) is 2.27. The molecule has 0 aromatic heterocycles. The third-order valence-electron chi connectivity index (χ3n) is 1.46. The maximum Gasteiger partial charge on any atom is 0.206 e. The summed E-state index contributed by atoms with van der Waals surface area (Å²) in [6, 6.07) is 4.64. The first-order chi connectivity index (χ1) is 6.29. The van der Waals surface area contributed by atoms with E-state index in [9.17, 15) is 4.39 Å². The average molecular weight is 180 g/mol. The first-order valence-corrected chi connectivity index (χ1v) is 3.68. The average Bonchev–Trinajstić information content (AvgIpc) is 2.16. The van der Waals surface area contributed by atoms with Crippen LogP contribution in [0.4, 0.5) is 4.39 Å². The number of benzene rings is 1. The van der Waals surface area contributed by atoms with E-state index in [-0.39, 0.29) is 18.1 Å². The highest BCUT2D eigenvalue weighted by Crippen LogP contribution is 2.25. The van der Waals surface area contributed by atoms with Gasteiger partial charge < -0.3 is 9.47 Å². The lowest BCUT2D eigenvalue weighted by Crippen LogP contribution is -1.97. The Morgan fingerprint density at radius 1 is 1.46 bits per heavy atom. The third kappa shape index (κ3) is 2.12. The van der Waals surface area contributed by atoms with Crippen molar-refractivity contribution in [2.45, 2.75) is 0 Å². The number of methoxy groups -OCH3 is 1. The van der Waals surface area contributed by atoms with E-state index < -0.39 is 5.82 Å². The van der Waals surface area contributed by atoms with Gasteiger partial charge in [0.25, 0.3) is 0 Å². The molecule has 13 heavy (non-hydrogen) atoms. The van der Waals surface area contributed by atoms with Crippen LogP contribution in [0.15, 0.2) is 18.2 Å². The van der Waals surface area contributed by atoms with Crippen LogP contribution < -0.4 is 9.47 Å². The highest BCUT2D eigenvalue weighted by atomic mass is 19.1. The fraction of sp³-hybridized carbons (Fsp3) is 0.200. The number of halogens is 1. The second kappa shape index (κ2) is 4.36. The molecule has 0 unspecified atom stereocenters. The van der Waals surface area contributed by atoms with E-state index in [1.807, 2.05) is 0 Å². The summed E-state index contributed by atoms with van der Waals surface area (Å²) in [5.41, 5.74) is 0. The second-order valence-corrected chi connectivity index (χ2v) is 2.27. The van der Waals surface area contributed by atoms with Gasteiger partial charge in [0.15, 0.2) is 11.5 Å². The van der Waals surface area contributed by atoms with Crippen LogP contribution in [0.3, 0.4) is 0 Å². The van der Waals surface area contributed by atoms with Crippen LogP contribution in [0.2, 0.25) is 0 Å². The number of hydrogen-bond acceptors (Lipinski definition) is 2. The van der Waals surface area contributed by atoms with Gasteiger partial charge in [-0.1, -0.05) is 12.0 Å². The highest BCUT2D eigenvalue weighted by Gasteiger charge is 2.08. The molecule has 0 aliphatic heterocycles. The number of terminal acetylenes is 1. The molecule has 0 aliphatic carbocycles. The molecular weight excluding hydrogens is 171 g/mol. The first-order valence-electron chi connectivity index (χ1n) is 3.68. The molecule has 0 spiro atoms. The van der Waals surface area contributed by atoms with Crippen molar-refractivity contribution in [3.05, 3.63) is 24.0 Å². The van der Waals surface area contributed by atoms with Gasteiger partial charge in [0.05, 0.1) is 7.11 Å². The van der Waals surface area contributed by atoms with Crippen molar-refractivity contribution < 1.29 is 13.9 Å². The molecule has 1 aromatic carbocycles. The van der Waals surface area contributed by atoms with E-state index in [0.29, 0.717) is 0 Å². The fourth-order valence-corrected chi connectivity index (χ4v) is 0.879. The minimum Gasteiger partial charge on any atom is -0.494 e. The summed E-state index contributed by atoms with van der Waals surface area (Å²) < 4.78 is 23.0. The Bertz CT molecular complexity index is 328. The summed E-state index contributed by atoms with van der Waals surface area (Å²) in [6.45, 7) is 0.0457. The summed E-state index contributed by atoms with van der Waals surface area (Å²) in [5, 5.41) is 0. The Hall–Kier alpha value is -1.69. The van der Waals surface area contributed by atoms with Gasteiger partial charge in [0, 0.05) is 0 Å². The highest BCUT2D eigenvalue weighted by molar-refractivity contribution is 5.35. The number of hydrogen-bond donors (Lipinski definition) is 0. The summed E-state index contributed by atoms with van der Waals surface area (Å²) in [6.07, 6.45) is 4.97. The van der Waals surface area contributed by atoms with Crippen molar-refractivity contribution >= 4 is 0 Å². The Kier molecular flexibility index (Phi) is 3.15. The van der Waals surface area contributed by atoms with Crippen LogP contribution >= 0.6 is 0 Å². The number of ether oxygens (including phenoxy) is 2. The lowest BCUT2D eigenvalue weighted by molar-refractivity contribution is 0.328. The molecule has 0 heterocycles. The Morgan fingerprint density at radius 3 is 2.77 bits per heavy atom. The van der Waals surface area contributed by atoms with Gasteiger partial charge in [0.1, 0.15) is 6.61 Å². The zero-order chi connectivity index (χ0) is 9.68. The molecule has 68 valence electrons. The summed E-state index contributed by atoms with van der Waals surface area (Å²) in [7, 11) is 1.39. The Morgan fingerprint density at radius 2 is 2.15 bits per heavy atom. The van der Waals surface area contributed by atoms with Crippen molar-refractivity contribution in [3.8, 4) is 23.8 Å². The molecule has 0 aliphatic rings. The maximum atomic E-state index is 13.3. The normalized spacial score (nSPS) is 9.00. The van der Waals surface area contributed by atoms with Crippen molar-refractivity contribution in [1.82, 2.24) is 0 Å². The zero-order valence-electron chi connectivity index (χ0n) is 7.21. The van der Waals surface area contributed by atoms with Crippen LogP contribution in [0.1, 0.15) is 0 Å². The van der Waals surface area contributed by atoms with Crippen molar-refractivity contribution in [2.75, 3.05) is 13.7 Å². The van der Waals surface area contributed by atoms with Gasteiger partial charge in [-0.05, 0) is 12.1 Å². The van der Waals surface area contributed by atoms with Gasteiger partial charge >= 0.3 is 0 Å². The van der Waals surface area contributed by atoms with Crippen LogP contribution in [-0.4, -0.2) is 13.7 Å². The molecule has 1 aromatic rings. The molecule has 0 bridgehead atoms. The smallest absolute Gasteiger partial charge is 0.206 e. The Labute approximate surface area is 76.3 Å². The molecule has 0 saturated carbocycles. The summed E-state index contributed by atoms with van der Waals surface area (Å²) in [5.74, 6) is 1.98. The third-order valence-corrected chi connectivity index (χ3v) is 1.46. The Balaban J connectivity index is 2.89. The van der Waals surface area contributed by atoms with E-state index >= 15 is 0 Å².